The van der Waals surface area contributed by atoms with E-state index in [9.17, 15) is 0 Å². The third kappa shape index (κ3) is 9.81. The maximum absolute atomic E-state index is 5.67. The van der Waals surface area contributed by atoms with Crippen molar-refractivity contribution in [3.05, 3.63) is 24.5 Å². The van der Waals surface area contributed by atoms with E-state index in [4.69, 9.17) is 14.2 Å². The van der Waals surface area contributed by atoms with E-state index < -0.39 is 0 Å². The Balaban J connectivity index is 0.00000312. The summed E-state index contributed by atoms with van der Waals surface area (Å²) in [5.74, 6) is 2.12. The minimum atomic E-state index is 0. The minimum absolute atomic E-state index is 0. The molecule has 1 unspecified atom stereocenters. The molecule has 0 amide bonds. The van der Waals surface area contributed by atoms with Crippen LogP contribution in [0.2, 0.25) is 0 Å². The summed E-state index contributed by atoms with van der Waals surface area (Å²) in [5, 5.41) is 6.47. The number of guanidine groups is 1. The Bertz CT molecular complexity index is 470. The molecule has 2 N–H and O–H groups in total. The summed E-state index contributed by atoms with van der Waals surface area (Å²) in [5.41, 5.74) is 0. The Labute approximate surface area is 167 Å². The van der Waals surface area contributed by atoms with Gasteiger partial charge in [-0.2, -0.15) is 0 Å². The average Bonchev–Trinajstić information content (AvgIpc) is 3.14. The molecule has 0 spiro atoms. The van der Waals surface area contributed by atoms with Crippen LogP contribution in [0.4, 0.5) is 0 Å². The number of aromatic nitrogens is 1. The highest BCUT2D eigenvalue weighted by Gasteiger charge is 2.15. The van der Waals surface area contributed by atoms with Gasteiger partial charge in [0.25, 0.3) is 0 Å². The maximum atomic E-state index is 5.67. The maximum Gasteiger partial charge on any atom is 0.191 e. The number of nitrogens with one attached hydrogen (secondary N) is 2. The van der Waals surface area contributed by atoms with Crippen LogP contribution in [0.15, 0.2) is 29.5 Å². The molecule has 0 aliphatic carbocycles. The predicted octanol–water partition coefficient (Wildman–Crippen LogP) is 1.69. The van der Waals surface area contributed by atoms with Gasteiger partial charge in [0, 0.05) is 38.9 Å². The van der Waals surface area contributed by atoms with Gasteiger partial charge in [0.05, 0.1) is 26.0 Å². The molecule has 0 bridgehead atoms. The highest BCUT2D eigenvalue weighted by Crippen LogP contribution is 2.12. The average molecular weight is 464 g/mol. The summed E-state index contributed by atoms with van der Waals surface area (Å²) in [6, 6.07) is 3.74. The first-order valence-electron chi connectivity index (χ1n) is 8.51. The van der Waals surface area contributed by atoms with Crippen LogP contribution in [0.5, 0.6) is 5.75 Å². The van der Waals surface area contributed by atoms with Crippen molar-refractivity contribution in [3.8, 4) is 5.75 Å². The Hall–Kier alpha value is -1.13. The zero-order valence-electron chi connectivity index (χ0n) is 14.8. The minimum Gasteiger partial charge on any atom is -0.490 e. The molecule has 0 aromatic carbocycles. The lowest BCUT2D eigenvalue weighted by molar-refractivity contribution is 0.0888. The molecule has 0 saturated carbocycles. The summed E-state index contributed by atoms with van der Waals surface area (Å²) in [7, 11) is 1.76. The molecule has 2 heterocycles. The van der Waals surface area contributed by atoms with Gasteiger partial charge < -0.3 is 24.8 Å². The Morgan fingerprint density at radius 2 is 2.24 bits per heavy atom. The van der Waals surface area contributed by atoms with E-state index in [1.165, 1.54) is 0 Å². The van der Waals surface area contributed by atoms with Crippen LogP contribution in [-0.2, 0) is 9.47 Å². The Morgan fingerprint density at radius 1 is 1.36 bits per heavy atom. The fraction of sp³-hybridized carbons (Fsp3) is 0.647. The van der Waals surface area contributed by atoms with E-state index in [1.54, 1.807) is 19.4 Å². The van der Waals surface area contributed by atoms with Crippen molar-refractivity contribution in [2.24, 2.45) is 10.9 Å². The number of halogens is 1. The lowest BCUT2D eigenvalue weighted by Gasteiger charge is -2.13. The summed E-state index contributed by atoms with van der Waals surface area (Å²) in [4.78, 5) is 8.19. The van der Waals surface area contributed by atoms with E-state index in [0.29, 0.717) is 19.1 Å². The second kappa shape index (κ2) is 14.1. The molecular formula is C17H29IN4O3. The summed E-state index contributed by atoms with van der Waals surface area (Å²) in [6.07, 6.45) is 5.49. The molecular weight excluding hydrogens is 435 g/mol. The highest BCUT2D eigenvalue weighted by molar-refractivity contribution is 14.0. The molecule has 25 heavy (non-hydrogen) atoms. The van der Waals surface area contributed by atoms with E-state index >= 15 is 0 Å². The number of hydrogen-bond donors (Lipinski definition) is 2. The van der Waals surface area contributed by atoms with Gasteiger partial charge in [-0.05, 0) is 25.0 Å². The summed E-state index contributed by atoms with van der Waals surface area (Å²) < 4.78 is 16.6. The molecule has 1 aromatic rings. The van der Waals surface area contributed by atoms with Crippen molar-refractivity contribution in [1.82, 2.24) is 15.6 Å². The number of hydrogen-bond acceptors (Lipinski definition) is 5. The lowest BCUT2D eigenvalue weighted by atomic mass is 10.1. The fourth-order valence-electron chi connectivity index (χ4n) is 2.34. The van der Waals surface area contributed by atoms with Crippen LogP contribution in [-0.4, -0.2) is 64.1 Å². The predicted molar refractivity (Wildman–Crippen MR) is 109 cm³/mol. The SMILES string of the molecule is CN=C(NCCCOCC1CCOC1)NCCOc1cccnc1.I. The molecule has 1 aliphatic heterocycles. The van der Waals surface area contributed by atoms with Gasteiger partial charge in [0.1, 0.15) is 12.4 Å². The molecule has 1 aliphatic rings. The van der Waals surface area contributed by atoms with Crippen LogP contribution in [0.1, 0.15) is 12.8 Å². The highest BCUT2D eigenvalue weighted by atomic mass is 127. The largest absolute Gasteiger partial charge is 0.490 e. The number of aliphatic imine (C=N–C) groups is 1. The van der Waals surface area contributed by atoms with Crippen molar-refractivity contribution in [2.75, 3.05) is 53.2 Å². The molecule has 2 rings (SSSR count). The van der Waals surface area contributed by atoms with Gasteiger partial charge in [-0.1, -0.05) is 0 Å². The van der Waals surface area contributed by atoms with Gasteiger partial charge in [-0.25, -0.2) is 0 Å². The van der Waals surface area contributed by atoms with Crippen LogP contribution in [0.3, 0.4) is 0 Å². The van der Waals surface area contributed by atoms with Crippen molar-refractivity contribution < 1.29 is 14.2 Å². The number of pyridine rings is 1. The second-order valence-corrected chi connectivity index (χ2v) is 5.62. The third-order valence-electron chi connectivity index (χ3n) is 3.66. The van der Waals surface area contributed by atoms with Gasteiger partial charge in [0.15, 0.2) is 5.96 Å². The standard InChI is InChI=1S/C17H28N4O3.HI/c1-18-17(21-8-11-24-16-4-2-6-19-12-16)20-7-3-9-22-13-15-5-10-23-14-15;/h2,4,6,12,15H,3,5,7-11,13-14H2,1H3,(H2,18,20,21);1H. The fourth-order valence-corrected chi connectivity index (χ4v) is 2.34. The van der Waals surface area contributed by atoms with E-state index in [2.05, 4.69) is 20.6 Å². The smallest absolute Gasteiger partial charge is 0.191 e. The first-order chi connectivity index (χ1) is 11.9. The zero-order chi connectivity index (χ0) is 16.9. The molecule has 1 aromatic heterocycles. The third-order valence-corrected chi connectivity index (χ3v) is 3.66. The summed E-state index contributed by atoms with van der Waals surface area (Å²) >= 11 is 0. The lowest BCUT2D eigenvalue weighted by Crippen LogP contribution is -2.39. The molecule has 1 fully saturated rings. The van der Waals surface area contributed by atoms with Crippen molar-refractivity contribution >= 4 is 29.9 Å². The number of ether oxygens (including phenoxy) is 3. The first kappa shape index (κ1) is 21.9. The normalized spacial score (nSPS) is 17.0. The van der Waals surface area contributed by atoms with Gasteiger partial charge in [-0.3, -0.25) is 9.98 Å². The van der Waals surface area contributed by atoms with E-state index in [-0.39, 0.29) is 24.0 Å². The monoisotopic (exact) mass is 464 g/mol. The van der Waals surface area contributed by atoms with E-state index in [1.807, 2.05) is 12.1 Å². The van der Waals surface area contributed by atoms with Crippen LogP contribution in [0, 0.1) is 5.92 Å². The van der Waals surface area contributed by atoms with Crippen molar-refractivity contribution in [1.29, 1.82) is 0 Å². The second-order valence-electron chi connectivity index (χ2n) is 5.62. The van der Waals surface area contributed by atoms with E-state index in [0.717, 1.165) is 57.5 Å². The first-order valence-corrected chi connectivity index (χ1v) is 8.51. The van der Waals surface area contributed by atoms with Gasteiger partial charge in [0.2, 0.25) is 0 Å². The Kier molecular flexibility index (Phi) is 12.3. The summed E-state index contributed by atoms with van der Waals surface area (Å²) in [6.45, 7) is 5.33. The molecule has 1 saturated heterocycles. The topological polar surface area (TPSA) is 77.0 Å². The van der Waals surface area contributed by atoms with Crippen molar-refractivity contribution in [2.45, 2.75) is 12.8 Å². The van der Waals surface area contributed by atoms with Crippen LogP contribution in [0.25, 0.3) is 0 Å². The van der Waals surface area contributed by atoms with Crippen LogP contribution >= 0.6 is 24.0 Å². The molecule has 0 radical (unpaired) electrons. The van der Waals surface area contributed by atoms with Crippen molar-refractivity contribution in [3.63, 3.8) is 0 Å². The van der Waals surface area contributed by atoms with Gasteiger partial charge in [-0.15, -0.1) is 24.0 Å². The molecule has 8 heteroatoms. The zero-order valence-corrected chi connectivity index (χ0v) is 17.1. The quantitative estimate of drug-likeness (QED) is 0.238. The number of nitrogens with zero attached hydrogens (tertiary/aromatic N) is 2. The number of rotatable bonds is 10. The molecule has 7 nitrogen and oxygen atoms in total. The Morgan fingerprint density at radius 3 is 2.96 bits per heavy atom. The van der Waals surface area contributed by atoms with Gasteiger partial charge >= 0.3 is 0 Å². The van der Waals surface area contributed by atoms with Crippen LogP contribution < -0.4 is 15.4 Å². The molecule has 142 valence electrons. The molecule has 1 atom stereocenters.